The molecule has 1 aromatic rings. The summed E-state index contributed by atoms with van der Waals surface area (Å²) in [4.78, 5) is 14.4. The Bertz CT molecular complexity index is 465. The number of nitrogens with one attached hydrogen (secondary N) is 1. The third kappa shape index (κ3) is 4.56. The molecule has 1 aliphatic rings. The van der Waals surface area contributed by atoms with Crippen LogP contribution in [0, 0.1) is 6.92 Å². The molecule has 124 valence electrons. The van der Waals surface area contributed by atoms with Crippen LogP contribution in [0.5, 0.6) is 0 Å². The van der Waals surface area contributed by atoms with Crippen LogP contribution in [-0.4, -0.2) is 50.2 Å². The van der Waals surface area contributed by atoms with Crippen molar-refractivity contribution in [3.8, 4) is 0 Å². The molecule has 2 unspecified atom stereocenters. The van der Waals surface area contributed by atoms with Gasteiger partial charge in [0.1, 0.15) is 11.5 Å². The summed E-state index contributed by atoms with van der Waals surface area (Å²) in [5, 5.41) is 2.99. The Hall–Kier alpha value is -1.37. The fourth-order valence-corrected chi connectivity index (χ4v) is 2.85. The lowest BCUT2D eigenvalue weighted by molar-refractivity contribution is -0.123. The molecule has 0 aliphatic carbocycles. The minimum Gasteiger partial charge on any atom is -0.465 e. The molecule has 1 aromatic heterocycles. The van der Waals surface area contributed by atoms with Crippen LogP contribution in [0.3, 0.4) is 0 Å². The van der Waals surface area contributed by atoms with Crippen LogP contribution in [-0.2, 0) is 9.53 Å². The fourth-order valence-electron chi connectivity index (χ4n) is 2.85. The van der Waals surface area contributed by atoms with Gasteiger partial charge in [0.05, 0.1) is 18.6 Å². The van der Waals surface area contributed by atoms with Gasteiger partial charge in [0.2, 0.25) is 5.91 Å². The van der Waals surface area contributed by atoms with Crippen molar-refractivity contribution in [1.82, 2.24) is 10.2 Å². The van der Waals surface area contributed by atoms with E-state index in [2.05, 4.69) is 10.2 Å². The van der Waals surface area contributed by atoms with Crippen molar-refractivity contribution in [2.45, 2.75) is 38.3 Å². The summed E-state index contributed by atoms with van der Waals surface area (Å²) in [7, 11) is 1.57. The number of methoxy groups -OCH3 is 1. The molecule has 2 heterocycles. The Kier molecular flexibility index (Phi) is 6.42. The van der Waals surface area contributed by atoms with Crippen LogP contribution in [0.25, 0.3) is 0 Å². The first-order valence-electron chi connectivity index (χ1n) is 7.94. The van der Waals surface area contributed by atoms with Crippen molar-refractivity contribution in [2.75, 3.05) is 33.3 Å². The van der Waals surface area contributed by atoms with Crippen molar-refractivity contribution in [3.63, 3.8) is 0 Å². The number of likely N-dealkylation sites (tertiary alicyclic amines) is 1. The van der Waals surface area contributed by atoms with E-state index in [1.54, 1.807) is 7.11 Å². The zero-order valence-corrected chi connectivity index (χ0v) is 13.5. The molecule has 1 fully saturated rings. The predicted molar refractivity (Wildman–Crippen MR) is 84.5 cm³/mol. The zero-order valence-electron chi connectivity index (χ0n) is 13.5. The van der Waals surface area contributed by atoms with Crippen molar-refractivity contribution in [2.24, 2.45) is 5.73 Å². The molecule has 2 atom stereocenters. The van der Waals surface area contributed by atoms with Gasteiger partial charge in [-0.2, -0.15) is 0 Å². The van der Waals surface area contributed by atoms with Crippen LogP contribution in [0.15, 0.2) is 16.5 Å². The summed E-state index contributed by atoms with van der Waals surface area (Å²) in [6, 6.07) is 4.07. The van der Waals surface area contributed by atoms with E-state index in [0.717, 1.165) is 24.6 Å². The second-order valence-electron chi connectivity index (χ2n) is 5.81. The third-order valence-electron chi connectivity index (χ3n) is 4.17. The first kappa shape index (κ1) is 17.0. The normalized spacial score (nSPS) is 18.3. The molecule has 0 spiro atoms. The van der Waals surface area contributed by atoms with E-state index in [0.29, 0.717) is 13.1 Å². The molecular weight excluding hydrogens is 282 g/mol. The van der Waals surface area contributed by atoms with Gasteiger partial charge in [-0.05, 0) is 45.0 Å². The number of nitrogens with two attached hydrogens (primary N) is 1. The standard InChI is InChI=1S/C16H27N3O3/c1-12-5-6-15(22-12)14(19-7-3-4-8-19)11-18-16(20)9-13(10-17)21-2/h5-6,13-14H,3-4,7-11,17H2,1-2H3,(H,18,20). The van der Waals surface area contributed by atoms with E-state index in [-0.39, 0.29) is 24.5 Å². The van der Waals surface area contributed by atoms with E-state index in [1.165, 1.54) is 12.8 Å². The summed E-state index contributed by atoms with van der Waals surface area (Å²) in [6.45, 7) is 4.92. The molecular formula is C16H27N3O3. The first-order chi connectivity index (χ1) is 10.6. The fraction of sp³-hybridized carbons (Fsp3) is 0.688. The highest BCUT2D eigenvalue weighted by Crippen LogP contribution is 2.26. The van der Waals surface area contributed by atoms with E-state index >= 15 is 0 Å². The summed E-state index contributed by atoms with van der Waals surface area (Å²) >= 11 is 0. The van der Waals surface area contributed by atoms with Crippen LogP contribution in [0.4, 0.5) is 0 Å². The molecule has 6 heteroatoms. The highest BCUT2D eigenvalue weighted by molar-refractivity contribution is 5.76. The molecule has 2 rings (SSSR count). The average Bonchev–Trinajstić information content (AvgIpc) is 3.17. The second kappa shape index (κ2) is 8.31. The topological polar surface area (TPSA) is 80.7 Å². The van der Waals surface area contributed by atoms with Gasteiger partial charge in [-0.25, -0.2) is 0 Å². The van der Waals surface area contributed by atoms with Gasteiger partial charge in [0.25, 0.3) is 0 Å². The lowest BCUT2D eigenvalue weighted by Crippen LogP contribution is -2.38. The Labute approximate surface area is 132 Å². The zero-order chi connectivity index (χ0) is 15.9. The van der Waals surface area contributed by atoms with Crippen LogP contribution in [0.1, 0.15) is 36.8 Å². The van der Waals surface area contributed by atoms with Gasteiger partial charge in [0, 0.05) is 20.2 Å². The summed E-state index contributed by atoms with van der Waals surface area (Å²) in [6.07, 6.45) is 2.46. The maximum atomic E-state index is 12.0. The molecule has 3 N–H and O–H groups in total. The number of carbonyl (C=O) groups is 1. The predicted octanol–water partition coefficient (Wildman–Crippen LogP) is 1.20. The molecule has 0 saturated carbocycles. The molecule has 1 saturated heterocycles. The number of hydrogen-bond acceptors (Lipinski definition) is 5. The summed E-state index contributed by atoms with van der Waals surface area (Å²) in [5.41, 5.74) is 5.55. The lowest BCUT2D eigenvalue weighted by atomic mass is 10.2. The molecule has 0 aromatic carbocycles. The number of aryl methyl sites for hydroxylation is 1. The highest BCUT2D eigenvalue weighted by atomic mass is 16.5. The van der Waals surface area contributed by atoms with E-state index in [4.69, 9.17) is 14.9 Å². The van der Waals surface area contributed by atoms with E-state index in [9.17, 15) is 4.79 Å². The van der Waals surface area contributed by atoms with Crippen LogP contribution in [0.2, 0.25) is 0 Å². The summed E-state index contributed by atoms with van der Waals surface area (Å²) in [5.74, 6) is 1.78. The van der Waals surface area contributed by atoms with Crippen molar-refractivity contribution in [1.29, 1.82) is 0 Å². The second-order valence-corrected chi connectivity index (χ2v) is 5.81. The van der Waals surface area contributed by atoms with Crippen LogP contribution < -0.4 is 11.1 Å². The molecule has 6 nitrogen and oxygen atoms in total. The Morgan fingerprint density at radius 3 is 2.73 bits per heavy atom. The van der Waals surface area contributed by atoms with Crippen molar-refractivity contribution >= 4 is 5.91 Å². The number of furan rings is 1. The maximum absolute atomic E-state index is 12.0. The molecule has 0 radical (unpaired) electrons. The monoisotopic (exact) mass is 309 g/mol. The van der Waals surface area contributed by atoms with Gasteiger partial charge >= 0.3 is 0 Å². The largest absolute Gasteiger partial charge is 0.465 e. The Balaban J connectivity index is 1.93. The smallest absolute Gasteiger partial charge is 0.222 e. The van der Waals surface area contributed by atoms with E-state index < -0.39 is 0 Å². The number of rotatable bonds is 8. The number of carbonyl (C=O) groups excluding carboxylic acids is 1. The Morgan fingerprint density at radius 1 is 1.45 bits per heavy atom. The van der Waals surface area contributed by atoms with Gasteiger partial charge in [-0.15, -0.1) is 0 Å². The van der Waals surface area contributed by atoms with Gasteiger partial charge in [0.15, 0.2) is 0 Å². The number of nitrogens with zero attached hydrogens (tertiary/aromatic N) is 1. The number of hydrogen-bond donors (Lipinski definition) is 2. The number of amides is 1. The van der Waals surface area contributed by atoms with Gasteiger partial charge < -0.3 is 20.2 Å². The van der Waals surface area contributed by atoms with E-state index in [1.807, 2.05) is 19.1 Å². The average molecular weight is 309 g/mol. The first-order valence-corrected chi connectivity index (χ1v) is 7.94. The molecule has 1 amide bonds. The van der Waals surface area contributed by atoms with Crippen LogP contribution >= 0.6 is 0 Å². The third-order valence-corrected chi connectivity index (χ3v) is 4.17. The van der Waals surface area contributed by atoms with Gasteiger partial charge in [-0.1, -0.05) is 0 Å². The van der Waals surface area contributed by atoms with Crippen molar-refractivity contribution in [3.05, 3.63) is 23.7 Å². The minimum absolute atomic E-state index is 0.0372. The molecule has 0 bridgehead atoms. The lowest BCUT2D eigenvalue weighted by Gasteiger charge is -2.26. The summed E-state index contributed by atoms with van der Waals surface area (Å²) < 4.78 is 10.9. The Morgan fingerprint density at radius 2 is 2.18 bits per heavy atom. The number of ether oxygens (including phenoxy) is 1. The molecule has 22 heavy (non-hydrogen) atoms. The van der Waals surface area contributed by atoms with Gasteiger partial charge in [-0.3, -0.25) is 9.69 Å². The maximum Gasteiger partial charge on any atom is 0.222 e. The van der Waals surface area contributed by atoms with Crippen molar-refractivity contribution < 1.29 is 13.9 Å². The molecule has 1 aliphatic heterocycles. The SMILES string of the molecule is COC(CN)CC(=O)NCC(c1ccc(C)o1)N1CCCC1. The quantitative estimate of drug-likeness (QED) is 0.754. The minimum atomic E-state index is -0.226. The highest BCUT2D eigenvalue weighted by Gasteiger charge is 2.26.